The zero-order valence-electron chi connectivity index (χ0n) is 14.7. The Balaban J connectivity index is 1.53. The number of amides is 1. The van der Waals surface area contributed by atoms with E-state index in [-0.39, 0.29) is 11.9 Å². The third-order valence-corrected chi connectivity index (χ3v) is 5.19. The largest absolute Gasteiger partial charge is 0.464 e. The van der Waals surface area contributed by atoms with E-state index in [9.17, 15) is 4.79 Å². The highest BCUT2D eigenvalue weighted by molar-refractivity contribution is 5.88. The van der Waals surface area contributed by atoms with E-state index in [0.717, 1.165) is 16.5 Å². The molecule has 0 spiro atoms. The van der Waals surface area contributed by atoms with Gasteiger partial charge in [0.05, 0.1) is 18.7 Å². The second-order valence-corrected chi connectivity index (χ2v) is 7.16. The molecule has 3 nitrogen and oxygen atoms in total. The lowest BCUT2D eigenvalue weighted by molar-refractivity contribution is -0.121. The molecule has 1 atom stereocenters. The maximum Gasteiger partial charge on any atom is 0.225 e. The normalized spacial score (nSPS) is 15.3. The van der Waals surface area contributed by atoms with Crippen LogP contribution in [-0.4, -0.2) is 5.91 Å². The molecular formula is C22H23NO2. The van der Waals surface area contributed by atoms with Gasteiger partial charge in [-0.1, -0.05) is 30.3 Å². The Morgan fingerprint density at radius 1 is 1.16 bits per heavy atom. The van der Waals surface area contributed by atoms with Crippen molar-refractivity contribution in [2.45, 2.75) is 39.2 Å². The number of furan rings is 1. The Hall–Kier alpha value is -2.55. The topological polar surface area (TPSA) is 42.2 Å². The van der Waals surface area contributed by atoms with Gasteiger partial charge < -0.3 is 9.73 Å². The third-order valence-electron chi connectivity index (χ3n) is 5.19. The lowest BCUT2D eigenvalue weighted by Crippen LogP contribution is -2.31. The highest BCUT2D eigenvalue weighted by Gasteiger charge is 2.33. The number of carbonyl (C=O) groups excluding carboxylic acids is 1. The van der Waals surface area contributed by atoms with Crippen molar-refractivity contribution < 1.29 is 9.21 Å². The molecule has 1 amide bonds. The van der Waals surface area contributed by atoms with Crippen molar-refractivity contribution in [2.24, 2.45) is 5.92 Å². The van der Waals surface area contributed by atoms with Crippen LogP contribution in [-0.2, 0) is 11.2 Å². The summed E-state index contributed by atoms with van der Waals surface area (Å²) < 4.78 is 5.66. The molecule has 1 fully saturated rings. The molecule has 2 aromatic carbocycles. The van der Waals surface area contributed by atoms with Gasteiger partial charge in [0.25, 0.3) is 0 Å². The molecule has 1 saturated carbocycles. The summed E-state index contributed by atoms with van der Waals surface area (Å²) in [4.78, 5) is 12.7. The summed E-state index contributed by atoms with van der Waals surface area (Å²) in [6.45, 7) is 4.16. The van der Waals surface area contributed by atoms with Gasteiger partial charge in [0.15, 0.2) is 0 Å². The van der Waals surface area contributed by atoms with Gasteiger partial charge in [0.2, 0.25) is 5.91 Å². The quantitative estimate of drug-likeness (QED) is 0.724. The fraction of sp³-hybridized carbons (Fsp3) is 0.318. The molecule has 4 rings (SSSR count). The first-order valence-electron chi connectivity index (χ1n) is 8.93. The summed E-state index contributed by atoms with van der Waals surface area (Å²) in [7, 11) is 0. The van der Waals surface area contributed by atoms with Crippen LogP contribution in [0.15, 0.2) is 53.1 Å². The highest BCUT2D eigenvalue weighted by atomic mass is 16.3. The van der Waals surface area contributed by atoms with Crippen LogP contribution in [0, 0.1) is 19.8 Å². The Morgan fingerprint density at radius 2 is 1.88 bits per heavy atom. The van der Waals surface area contributed by atoms with E-state index in [1.165, 1.54) is 29.5 Å². The second kappa shape index (κ2) is 6.40. The molecule has 25 heavy (non-hydrogen) atoms. The summed E-state index contributed by atoms with van der Waals surface area (Å²) >= 11 is 0. The third kappa shape index (κ3) is 3.32. The number of nitrogens with one attached hydrogen (secondary N) is 1. The summed E-state index contributed by atoms with van der Waals surface area (Å²) in [5.41, 5.74) is 5.43. The maximum atomic E-state index is 12.7. The van der Waals surface area contributed by atoms with E-state index in [0.29, 0.717) is 12.3 Å². The summed E-state index contributed by atoms with van der Waals surface area (Å²) in [5.74, 6) is 0.624. The maximum absolute atomic E-state index is 12.7. The monoisotopic (exact) mass is 333 g/mol. The van der Waals surface area contributed by atoms with Crippen molar-refractivity contribution in [3.63, 3.8) is 0 Å². The van der Waals surface area contributed by atoms with Gasteiger partial charge in [0.1, 0.15) is 5.58 Å². The molecule has 1 N–H and O–H groups in total. The minimum atomic E-state index is 0.0571. The van der Waals surface area contributed by atoms with Crippen molar-refractivity contribution in [1.82, 2.24) is 5.32 Å². The van der Waals surface area contributed by atoms with E-state index in [1.54, 1.807) is 6.26 Å². The number of rotatable bonds is 5. The molecule has 0 aliphatic heterocycles. The standard InChI is InChI=1S/C22H23NO2/c1-14-10-19-18(13-25-20(19)11-15(14)2)12-21(24)23-22(17-8-9-17)16-6-4-3-5-7-16/h3-7,10-11,13,17,22H,8-9,12H2,1-2H3,(H,23,24). The zero-order chi connectivity index (χ0) is 17.4. The first-order valence-corrected chi connectivity index (χ1v) is 8.93. The van der Waals surface area contributed by atoms with Crippen molar-refractivity contribution in [1.29, 1.82) is 0 Å². The highest BCUT2D eigenvalue weighted by Crippen LogP contribution is 2.41. The molecule has 0 radical (unpaired) electrons. The fourth-order valence-electron chi connectivity index (χ4n) is 3.43. The number of hydrogen-bond donors (Lipinski definition) is 1. The van der Waals surface area contributed by atoms with Gasteiger partial charge in [-0.05, 0) is 61.4 Å². The lowest BCUT2D eigenvalue weighted by atomic mass is 10.0. The molecule has 1 unspecified atom stereocenters. The lowest BCUT2D eigenvalue weighted by Gasteiger charge is -2.18. The number of fused-ring (bicyclic) bond motifs is 1. The molecule has 1 aliphatic rings. The minimum Gasteiger partial charge on any atom is -0.464 e. The Labute approximate surface area is 148 Å². The Morgan fingerprint density at radius 3 is 2.60 bits per heavy atom. The van der Waals surface area contributed by atoms with Gasteiger partial charge in [-0.25, -0.2) is 0 Å². The van der Waals surface area contributed by atoms with Gasteiger partial charge in [-0.3, -0.25) is 4.79 Å². The van der Waals surface area contributed by atoms with Crippen LogP contribution in [0.1, 0.15) is 41.1 Å². The van der Waals surface area contributed by atoms with Crippen LogP contribution >= 0.6 is 0 Å². The first kappa shape index (κ1) is 15.9. The van der Waals surface area contributed by atoms with E-state index >= 15 is 0 Å². The molecule has 3 heteroatoms. The van der Waals surface area contributed by atoms with Gasteiger partial charge in [-0.15, -0.1) is 0 Å². The van der Waals surface area contributed by atoms with E-state index < -0.39 is 0 Å². The smallest absolute Gasteiger partial charge is 0.225 e. The summed E-state index contributed by atoms with van der Waals surface area (Å²) in [6, 6.07) is 14.6. The van der Waals surface area contributed by atoms with Crippen LogP contribution in [0.2, 0.25) is 0 Å². The number of hydrogen-bond acceptors (Lipinski definition) is 2. The van der Waals surface area contributed by atoms with Gasteiger partial charge in [0, 0.05) is 10.9 Å². The van der Waals surface area contributed by atoms with E-state index in [4.69, 9.17) is 4.42 Å². The molecule has 1 aromatic heterocycles. The Bertz CT molecular complexity index is 906. The minimum absolute atomic E-state index is 0.0571. The van der Waals surface area contributed by atoms with Gasteiger partial charge in [-0.2, -0.15) is 0 Å². The number of aryl methyl sites for hydroxylation is 2. The van der Waals surface area contributed by atoms with Gasteiger partial charge >= 0.3 is 0 Å². The summed E-state index contributed by atoms with van der Waals surface area (Å²) in [6.07, 6.45) is 4.45. The molecule has 128 valence electrons. The molecular weight excluding hydrogens is 310 g/mol. The van der Waals surface area contributed by atoms with E-state index in [1.807, 2.05) is 24.3 Å². The van der Waals surface area contributed by atoms with Crippen molar-refractivity contribution in [2.75, 3.05) is 0 Å². The fourth-order valence-corrected chi connectivity index (χ4v) is 3.43. The van der Waals surface area contributed by atoms with Crippen LogP contribution in [0.5, 0.6) is 0 Å². The van der Waals surface area contributed by atoms with Crippen LogP contribution < -0.4 is 5.32 Å². The number of benzene rings is 2. The first-order chi connectivity index (χ1) is 12.1. The average molecular weight is 333 g/mol. The molecule has 1 heterocycles. The van der Waals surface area contributed by atoms with E-state index in [2.05, 4.69) is 37.4 Å². The zero-order valence-corrected chi connectivity index (χ0v) is 14.7. The SMILES string of the molecule is Cc1cc2occ(CC(=O)NC(c3ccccc3)C3CC3)c2cc1C. The van der Waals surface area contributed by atoms with Crippen LogP contribution in [0.4, 0.5) is 0 Å². The van der Waals surface area contributed by atoms with Crippen molar-refractivity contribution in [3.05, 3.63) is 71.0 Å². The number of carbonyl (C=O) groups is 1. The van der Waals surface area contributed by atoms with Crippen molar-refractivity contribution in [3.8, 4) is 0 Å². The predicted molar refractivity (Wildman–Crippen MR) is 99.4 cm³/mol. The predicted octanol–water partition coefficient (Wildman–Crippen LogP) is 4.86. The van der Waals surface area contributed by atoms with Crippen molar-refractivity contribution >= 4 is 16.9 Å². The average Bonchev–Trinajstić information content (AvgIpc) is 3.39. The Kier molecular flexibility index (Phi) is 4.08. The molecule has 0 saturated heterocycles. The molecule has 3 aromatic rings. The summed E-state index contributed by atoms with van der Waals surface area (Å²) in [5, 5.41) is 4.29. The van der Waals surface area contributed by atoms with Crippen LogP contribution in [0.3, 0.4) is 0 Å². The molecule has 0 bridgehead atoms. The second-order valence-electron chi connectivity index (χ2n) is 7.16. The van der Waals surface area contributed by atoms with Crippen LogP contribution in [0.25, 0.3) is 11.0 Å². The molecule has 1 aliphatic carbocycles.